The molecule has 32 heavy (non-hydrogen) atoms. The molecule has 4 aromatic carbocycles. The van der Waals surface area contributed by atoms with E-state index >= 15 is 0 Å². The maximum atomic E-state index is 6.14. The van der Waals surface area contributed by atoms with E-state index in [1.54, 1.807) is 0 Å². The Morgan fingerprint density at radius 2 is 0.781 bits per heavy atom. The van der Waals surface area contributed by atoms with Crippen molar-refractivity contribution >= 4 is 56.9 Å². The SMILES string of the molecule is C[Si](O[Si](C)[c-]1cccc1)[c-]1[c-][c-][c-][c-]1.C[Si](O[Si](C)[c-]1cccc1)[c-]1cccc1.[Fe].[Fe]. The van der Waals surface area contributed by atoms with Crippen LogP contribution in [0.4, 0.5) is 0 Å². The molecule has 0 aromatic heterocycles. The van der Waals surface area contributed by atoms with Gasteiger partial charge in [0, 0.05) is 34.1 Å². The Hall–Kier alpha value is -0.774. The van der Waals surface area contributed by atoms with Crippen molar-refractivity contribution in [3.05, 3.63) is 97.1 Å². The predicted molar refractivity (Wildman–Crippen MR) is 131 cm³/mol. The van der Waals surface area contributed by atoms with Crippen molar-refractivity contribution in [2.24, 2.45) is 0 Å². The standard InChI is InChI=1S/C12H14OSi2.C12H10OSi2.2Fe/c2*1-14(11-7-3-4-8-11)13-15(2)12-9-5-6-10-12;;/h3-10H,1-2H3;3-4,7-8H,1-2H3;;/q-2;-6;;. The first-order valence-corrected chi connectivity index (χ1v) is 17.4. The zero-order valence-corrected chi connectivity index (χ0v) is 24.7. The molecule has 4 radical (unpaired) electrons. The third kappa shape index (κ3) is 8.87. The van der Waals surface area contributed by atoms with Gasteiger partial charge in [-0.2, -0.15) is 36.4 Å². The second-order valence-electron chi connectivity index (χ2n) is 6.82. The zero-order chi connectivity index (χ0) is 21.3. The van der Waals surface area contributed by atoms with E-state index in [2.05, 4.69) is 123 Å². The van der Waals surface area contributed by atoms with Crippen molar-refractivity contribution in [1.29, 1.82) is 0 Å². The van der Waals surface area contributed by atoms with Gasteiger partial charge in [0.25, 0.3) is 0 Å². The fraction of sp³-hybridized carbons (Fsp3) is 0.167. The summed E-state index contributed by atoms with van der Waals surface area (Å²) >= 11 is 0. The van der Waals surface area contributed by atoms with Crippen LogP contribution in [-0.4, -0.2) is 36.2 Å². The second-order valence-corrected chi connectivity index (χ2v) is 15.1. The topological polar surface area (TPSA) is 18.5 Å². The fourth-order valence-electron chi connectivity index (χ4n) is 2.91. The van der Waals surface area contributed by atoms with E-state index in [0.29, 0.717) is 0 Å². The average molecular weight is 568 g/mol. The van der Waals surface area contributed by atoms with Crippen molar-refractivity contribution in [3.8, 4) is 0 Å². The van der Waals surface area contributed by atoms with E-state index in [-0.39, 0.29) is 34.1 Å². The molecule has 0 fully saturated rings. The van der Waals surface area contributed by atoms with E-state index in [4.69, 9.17) is 8.23 Å². The summed E-state index contributed by atoms with van der Waals surface area (Å²) in [6, 6.07) is 36.8. The Morgan fingerprint density at radius 1 is 0.500 bits per heavy atom. The van der Waals surface area contributed by atoms with E-state index in [0.717, 1.165) is 5.19 Å². The van der Waals surface area contributed by atoms with Gasteiger partial charge in [-0.15, -0.1) is 15.6 Å². The Bertz CT molecular complexity index is 768. The van der Waals surface area contributed by atoms with Crippen molar-refractivity contribution < 1.29 is 42.4 Å². The van der Waals surface area contributed by atoms with Gasteiger partial charge in [0.05, 0.1) is 0 Å². The van der Waals surface area contributed by atoms with Gasteiger partial charge in [0.2, 0.25) is 0 Å². The van der Waals surface area contributed by atoms with Gasteiger partial charge < -0.3 is 37.7 Å². The summed E-state index contributed by atoms with van der Waals surface area (Å²) in [6.45, 7) is 8.73. The van der Waals surface area contributed by atoms with Gasteiger partial charge >= 0.3 is 0 Å². The van der Waals surface area contributed by atoms with E-state index < -0.39 is 36.2 Å². The zero-order valence-electron chi connectivity index (χ0n) is 18.5. The van der Waals surface area contributed by atoms with E-state index in [1.807, 2.05) is 0 Å². The molecule has 4 rings (SSSR count). The smallest absolute Gasteiger partial charge is 0.157 e. The van der Waals surface area contributed by atoms with Crippen LogP contribution in [0.15, 0.2) is 72.8 Å². The number of rotatable bonds is 8. The van der Waals surface area contributed by atoms with Crippen LogP contribution in [0.25, 0.3) is 0 Å². The molecule has 2 nitrogen and oxygen atoms in total. The molecule has 172 valence electrons. The summed E-state index contributed by atoms with van der Waals surface area (Å²) in [5.74, 6) is 0. The molecule has 0 amide bonds. The summed E-state index contributed by atoms with van der Waals surface area (Å²) in [5, 5.41) is 5.08. The van der Waals surface area contributed by atoms with Crippen molar-refractivity contribution in [3.63, 3.8) is 0 Å². The molecule has 0 aliphatic rings. The Morgan fingerprint density at radius 3 is 1.09 bits per heavy atom. The summed E-state index contributed by atoms with van der Waals surface area (Å²) in [6.07, 6.45) is 0. The minimum Gasteiger partial charge on any atom is -0.999 e. The van der Waals surface area contributed by atoms with Crippen LogP contribution in [0.1, 0.15) is 0 Å². The molecule has 8 heteroatoms. The van der Waals surface area contributed by atoms with Crippen LogP contribution in [0.3, 0.4) is 0 Å². The minimum absolute atomic E-state index is 0. The minimum atomic E-state index is -0.977. The van der Waals surface area contributed by atoms with Gasteiger partial charge in [-0.25, -0.2) is 36.4 Å². The molecule has 0 aliphatic carbocycles. The Balaban J connectivity index is 0.000000301. The van der Waals surface area contributed by atoms with Crippen LogP contribution < -0.4 is 20.7 Å². The fourth-order valence-corrected chi connectivity index (χ4v) is 10.9. The summed E-state index contributed by atoms with van der Waals surface area (Å²) in [7, 11) is -3.45. The predicted octanol–water partition coefficient (Wildman–Crippen LogP) is 2.19. The largest absolute Gasteiger partial charge is 0.999 e. The molecular formula is C24H24Fe2O2Si4-8. The number of hydrogen-bond donors (Lipinski definition) is 0. The summed E-state index contributed by atoms with van der Waals surface area (Å²) < 4.78 is 12.2. The molecule has 4 aromatic rings. The Labute approximate surface area is 221 Å². The maximum absolute atomic E-state index is 6.14. The van der Waals surface area contributed by atoms with Crippen LogP contribution in [0, 0.1) is 24.3 Å². The van der Waals surface area contributed by atoms with Gasteiger partial charge in [-0.05, 0) is 9.04 Å². The van der Waals surface area contributed by atoms with Crippen LogP contribution in [0.5, 0.6) is 0 Å². The second kappa shape index (κ2) is 15.2. The number of hydrogen-bond acceptors (Lipinski definition) is 2. The quantitative estimate of drug-likeness (QED) is 0.240. The van der Waals surface area contributed by atoms with Gasteiger partial charge in [-0.3, -0.25) is 0 Å². The Kier molecular flexibility index (Phi) is 13.9. The van der Waals surface area contributed by atoms with E-state index in [1.165, 1.54) is 15.6 Å². The normalized spacial score (nSPS) is 10.8. The van der Waals surface area contributed by atoms with Crippen molar-refractivity contribution in [1.82, 2.24) is 0 Å². The first-order chi connectivity index (χ1) is 14.5. The first-order valence-electron chi connectivity index (χ1n) is 9.80. The molecule has 0 heterocycles. The van der Waals surface area contributed by atoms with Crippen LogP contribution >= 0.6 is 0 Å². The summed E-state index contributed by atoms with van der Waals surface area (Å²) in [5.41, 5.74) is 0. The average Bonchev–Trinajstić information content (AvgIpc) is 3.55. The first kappa shape index (κ1) is 29.3. The molecule has 0 aliphatic heterocycles. The molecule has 0 bridgehead atoms. The maximum Gasteiger partial charge on any atom is 0.157 e. The van der Waals surface area contributed by atoms with Crippen molar-refractivity contribution in [2.75, 3.05) is 0 Å². The summed E-state index contributed by atoms with van der Waals surface area (Å²) in [4.78, 5) is 0. The monoisotopic (exact) mass is 568 g/mol. The molecular weight excluding hydrogens is 544 g/mol. The third-order valence-corrected chi connectivity index (χ3v) is 13.9. The van der Waals surface area contributed by atoms with Gasteiger partial charge in [0.1, 0.15) is 0 Å². The van der Waals surface area contributed by atoms with Crippen LogP contribution in [-0.2, 0) is 42.4 Å². The van der Waals surface area contributed by atoms with Crippen LogP contribution in [0.2, 0.25) is 26.2 Å². The molecule has 0 atom stereocenters. The molecule has 0 saturated heterocycles. The van der Waals surface area contributed by atoms with Crippen molar-refractivity contribution in [2.45, 2.75) is 26.2 Å². The van der Waals surface area contributed by atoms with Gasteiger partial charge in [-0.1, -0.05) is 26.2 Å². The van der Waals surface area contributed by atoms with E-state index in [9.17, 15) is 0 Å². The molecule has 0 unspecified atom stereocenters. The molecule has 0 saturated carbocycles. The molecule has 0 spiro atoms. The molecule has 0 N–H and O–H groups in total. The van der Waals surface area contributed by atoms with Gasteiger partial charge in [0.15, 0.2) is 27.1 Å². The third-order valence-electron chi connectivity index (χ3n) is 4.61.